The number of hydrogen-bond donors (Lipinski definition) is 5. The standard InChI is InChI=1S/C28H34F2N4O3/c1-2-25(31)24(17-33-23-15-20(29)14-21(30)16-23)27(18-6-4-3-5-7-18)34-22-10-8-19(9-11-22)28(37)32-13-12-26(35)36/h8-11,14-18,27,31,33-34H,2-7,12-13H2,1H3,(H,32,37)(H,35,36)/b24-17+,31-25?. The van der Waals surface area contributed by atoms with Gasteiger partial charge >= 0.3 is 5.97 Å². The van der Waals surface area contributed by atoms with Crippen molar-refractivity contribution in [1.82, 2.24) is 5.32 Å². The van der Waals surface area contributed by atoms with E-state index in [1.807, 2.05) is 6.92 Å². The van der Waals surface area contributed by atoms with Crippen LogP contribution in [-0.2, 0) is 4.79 Å². The molecule has 1 amide bonds. The summed E-state index contributed by atoms with van der Waals surface area (Å²) in [6, 6.07) is 9.90. The van der Waals surface area contributed by atoms with Crippen molar-refractivity contribution >= 4 is 29.0 Å². The van der Waals surface area contributed by atoms with Crippen LogP contribution in [0.3, 0.4) is 0 Å². The number of nitrogens with one attached hydrogen (secondary N) is 4. The highest BCUT2D eigenvalue weighted by Gasteiger charge is 2.28. The van der Waals surface area contributed by atoms with Crippen LogP contribution in [0.15, 0.2) is 54.2 Å². The summed E-state index contributed by atoms with van der Waals surface area (Å²) in [6.45, 7) is 1.95. The molecule has 1 unspecified atom stereocenters. The van der Waals surface area contributed by atoms with E-state index in [1.165, 1.54) is 18.6 Å². The Hall–Kier alpha value is -3.75. The lowest BCUT2D eigenvalue weighted by Gasteiger charge is -2.34. The topological polar surface area (TPSA) is 114 Å². The molecule has 2 aromatic carbocycles. The largest absolute Gasteiger partial charge is 0.481 e. The molecule has 0 saturated heterocycles. The summed E-state index contributed by atoms with van der Waals surface area (Å²) >= 11 is 0. The number of halogens is 2. The van der Waals surface area contributed by atoms with E-state index in [0.29, 0.717) is 17.7 Å². The molecule has 0 aromatic heterocycles. The van der Waals surface area contributed by atoms with E-state index >= 15 is 0 Å². The molecule has 0 spiro atoms. The summed E-state index contributed by atoms with van der Waals surface area (Å²) in [4.78, 5) is 22.9. The minimum atomic E-state index is -0.980. The molecule has 0 radical (unpaired) electrons. The van der Waals surface area contributed by atoms with Gasteiger partial charge in [0.1, 0.15) is 11.6 Å². The summed E-state index contributed by atoms with van der Waals surface area (Å²) in [5, 5.41) is 26.5. The Balaban J connectivity index is 1.83. The second-order valence-corrected chi connectivity index (χ2v) is 9.23. The first-order valence-electron chi connectivity index (χ1n) is 12.6. The van der Waals surface area contributed by atoms with Gasteiger partial charge in [0.05, 0.1) is 12.5 Å². The number of rotatable bonds is 12. The Labute approximate surface area is 215 Å². The monoisotopic (exact) mass is 512 g/mol. The smallest absolute Gasteiger partial charge is 0.305 e. The van der Waals surface area contributed by atoms with Crippen LogP contribution in [0.2, 0.25) is 0 Å². The highest BCUT2D eigenvalue weighted by Crippen LogP contribution is 2.32. The predicted molar refractivity (Wildman–Crippen MR) is 141 cm³/mol. The van der Waals surface area contributed by atoms with E-state index < -0.39 is 17.6 Å². The van der Waals surface area contributed by atoms with Crippen molar-refractivity contribution < 1.29 is 23.5 Å². The molecule has 3 rings (SSSR count). The SMILES string of the molecule is CCC(=N)/C(=C\Nc1cc(F)cc(F)c1)C(Nc1ccc(C(=O)NCCC(=O)O)cc1)C1CCCCC1. The predicted octanol–water partition coefficient (Wildman–Crippen LogP) is 5.96. The van der Waals surface area contributed by atoms with Crippen LogP contribution < -0.4 is 16.0 Å². The Morgan fingerprint density at radius 3 is 2.30 bits per heavy atom. The minimum absolute atomic E-state index is 0.0490. The number of carboxylic acids is 1. The van der Waals surface area contributed by atoms with Crippen molar-refractivity contribution in [3.05, 3.63) is 71.4 Å². The molecule has 37 heavy (non-hydrogen) atoms. The lowest BCUT2D eigenvalue weighted by atomic mass is 9.79. The van der Waals surface area contributed by atoms with E-state index in [1.54, 1.807) is 30.5 Å². The van der Waals surface area contributed by atoms with Crippen LogP contribution in [-0.4, -0.2) is 35.3 Å². The van der Waals surface area contributed by atoms with Gasteiger partial charge in [-0.25, -0.2) is 8.78 Å². The zero-order valence-corrected chi connectivity index (χ0v) is 20.9. The van der Waals surface area contributed by atoms with Gasteiger partial charge in [-0.3, -0.25) is 9.59 Å². The summed E-state index contributed by atoms with van der Waals surface area (Å²) in [7, 11) is 0. The quantitative estimate of drug-likeness (QED) is 0.225. The summed E-state index contributed by atoms with van der Waals surface area (Å²) in [5.41, 5.74) is 2.58. The van der Waals surface area contributed by atoms with Crippen molar-refractivity contribution in [2.24, 2.45) is 5.92 Å². The first-order valence-corrected chi connectivity index (χ1v) is 12.6. The number of amides is 1. The fourth-order valence-electron chi connectivity index (χ4n) is 4.57. The Morgan fingerprint density at radius 1 is 1.05 bits per heavy atom. The summed E-state index contributed by atoms with van der Waals surface area (Å²) < 4.78 is 27.4. The van der Waals surface area contributed by atoms with E-state index in [-0.39, 0.29) is 36.5 Å². The zero-order valence-electron chi connectivity index (χ0n) is 20.9. The van der Waals surface area contributed by atoms with Gasteiger partial charge in [0.15, 0.2) is 0 Å². The molecule has 9 heteroatoms. The van der Waals surface area contributed by atoms with Crippen LogP contribution in [0.25, 0.3) is 0 Å². The molecule has 1 fully saturated rings. The summed E-state index contributed by atoms with van der Waals surface area (Å²) in [5.74, 6) is -2.44. The molecule has 2 aromatic rings. The maximum Gasteiger partial charge on any atom is 0.305 e. The molecule has 1 atom stereocenters. The molecule has 0 aliphatic heterocycles. The number of anilines is 2. The van der Waals surface area contributed by atoms with Gasteiger partial charge in [-0.15, -0.1) is 0 Å². The van der Waals surface area contributed by atoms with Crippen molar-refractivity contribution in [1.29, 1.82) is 5.41 Å². The molecule has 1 saturated carbocycles. The van der Waals surface area contributed by atoms with Gasteiger partial charge in [-0.2, -0.15) is 0 Å². The molecule has 0 bridgehead atoms. The Morgan fingerprint density at radius 2 is 1.70 bits per heavy atom. The number of hydrogen-bond acceptors (Lipinski definition) is 5. The zero-order chi connectivity index (χ0) is 26.8. The van der Waals surface area contributed by atoms with Gasteiger partial charge in [-0.05, 0) is 61.6 Å². The lowest BCUT2D eigenvalue weighted by molar-refractivity contribution is -0.136. The number of carbonyl (C=O) groups excluding carboxylic acids is 1. The minimum Gasteiger partial charge on any atom is -0.481 e. The third-order valence-corrected chi connectivity index (χ3v) is 6.51. The fourth-order valence-corrected chi connectivity index (χ4v) is 4.57. The first-order chi connectivity index (χ1) is 17.8. The van der Waals surface area contributed by atoms with Crippen molar-refractivity contribution in [2.45, 2.75) is 57.9 Å². The molecule has 7 nitrogen and oxygen atoms in total. The van der Waals surface area contributed by atoms with Crippen molar-refractivity contribution in [3.63, 3.8) is 0 Å². The molecule has 1 aliphatic rings. The average molecular weight is 513 g/mol. The van der Waals surface area contributed by atoms with Gasteiger partial charge in [-0.1, -0.05) is 26.2 Å². The molecular weight excluding hydrogens is 478 g/mol. The highest BCUT2D eigenvalue weighted by molar-refractivity contribution is 5.99. The molecular formula is C28H34F2N4O3. The van der Waals surface area contributed by atoms with Crippen LogP contribution >= 0.6 is 0 Å². The van der Waals surface area contributed by atoms with Crippen molar-refractivity contribution in [3.8, 4) is 0 Å². The van der Waals surface area contributed by atoms with Crippen LogP contribution in [0.5, 0.6) is 0 Å². The van der Waals surface area contributed by atoms with Gasteiger partial charge < -0.3 is 26.5 Å². The van der Waals surface area contributed by atoms with Crippen LogP contribution in [0.1, 0.15) is 62.2 Å². The van der Waals surface area contributed by atoms with Crippen molar-refractivity contribution in [2.75, 3.05) is 17.2 Å². The summed E-state index contributed by atoms with van der Waals surface area (Å²) in [6.07, 6.45) is 7.33. The second kappa shape index (κ2) is 13.5. The lowest BCUT2D eigenvalue weighted by Crippen LogP contribution is -2.35. The van der Waals surface area contributed by atoms with E-state index in [0.717, 1.165) is 43.0 Å². The highest BCUT2D eigenvalue weighted by atomic mass is 19.1. The van der Waals surface area contributed by atoms with Gasteiger partial charge in [0, 0.05) is 47.0 Å². The number of carbonyl (C=O) groups is 2. The first kappa shape index (κ1) is 27.8. The molecule has 0 heterocycles. The Bertz CT molecular complexity index is 1110. The third kappa shape index (κ3) is 8.41. The maximum absolute atomic E-state index is 13.7. The van der Waals surface area contributed by atoms with Crippen LogP contribution in [0, 0.1) is 23.0 Å². The molecule has 5 N–H and O–H groups in total. The number of benzene rings is 2. The van der Waals surface area contributed by atoms with Crippen LogP contribution in [0.4, 0.5) is 20.2 Å². The maximum atomic E-state index is 13.7. The van der Waals surface area contributed by atoms with Gasteiger partial charge in [0.2, 0.25) is 0 Å². The molecule has 198 valence electrons. The third-order valence-electron chi connectivity index (χ3n) is 6.51. The average Bonchev–Trinajstić information content (AvgIpc) is 2.88. The molecule has 1 aliphatic carbocycles. The fraction of sp³-hybridized carbons (Fsp3) is 0.393. The normalized spacial score (nSPS) is 15.1. The van der Waals surface area contributed by atoms with E-state index in [9.17, 15) is 18.4 Å². The Kier molecular flexibility index (Phi) is 10.2. The van der Waals surface area contributed by atoms with E-state index in [2.05, 4.69) is 16.0 Å². The number of carboxylic acid groups (broad SMARTS) is 1. The second-order valence-electron chi connectivity index (χ2n) is 9.23. The van der Waals surface area contributed by atoms with E-state index in [4.69, 9.17) is 10.5 Å². The van der Waals surface area contributed by atoms with Gasteiger partial charge in [0.25, 0.3) is 5.91 Å². The number of aliphatic carboxylic acids is 1.